The molecule has 1 aliphatic rings. The maximum Gasteiger partial charge on any atom is 0.345 e. The summed E-state index contributed by atoms with van der Waals surface area (Å²) in [5.74, 6) is -1.64. The van der Waals surface area contributed by atoms with Gasteiger partial charge < -0.3 is 9.64 Å². The fourth-order valence-electron chi connectivity index (χ4n) is 2.66. The molecule has 0 aromatic heterocycles. The Morgan fingerprint density at radius 2 is 2.08 bits per heavy atom. The lowest BCUT2D eigenvalue weighted by Crippen LogP contribution is -2.40. The van der Waals surface area contributed by atoms with Gasteiger partial charge in [-0.1, -0.05) is 12.1 Å². The Hall–Kier alpha value is -2.49. The van der Waals surface area contributed by atoms with Crippen molar-refractivity contribution in [3.63, 3.8) is 0 Å². The number of esters is 1. The molecule has 0 saturated carbocycles. The number of ether oxygens (including phenoxy) is 1. The Kier molecular flexibility index (Phi) is 5.41. The molecule has 10 heteroatoms. The standard InChI is InChI=1S/C15H18N2O7S/c1-10-4-3-5-12(14(10)17(20)21)15(19)24-8-13(18)16(2)11-6-7-25(22,23)9-11/h3-5,11H,6-9H2,1-2H3/t11-/m0/s1. The summed E-state index contributed by atoms with van der Waals surface area (Å²) in [6, 6.07) is 3.78. The summed E-state index contributed by atoms with van der Waals surface area (Å²) in [7, 11) is -1.70. The first kappa shape index (κ1) is 18.8. The summed E-state index contributed by atoms with van der Waals surface area (Å²) >= 11 is 0. The van der Waals surface area contributed by atoms with Crippen LogP contribution in [0.15, 0.2) is 18.2 Å². The fourth-order valence-corrected chi connectivity index (χ4v) is 4.43. The number of nitro groups is 1. The Morgan fingerprint density at radius 1 is 1.40 bits per heavy atom. The van der Waals surface area contributed by atoms with Crippen LogP contribution in [0.1, 0.15) is 22.3 Å². The van der Waals surface area contributed by atoms with Crippen LogP contribution in [-0.4, -0.2) is 61.3 Å². The molecule has 25 heavy (non-hydrogen) atoms. The van der Waals surface area contributed by atoms with Crippen LogP contribution in [0.5, 0.6) is 0 Å². The molecular formula is C15H18N2O7S. The van der Waals surface area contributed by atoms with Crippen molar-refractivity contribution in [3.05, 3.63) is 39.4 Å². The van der Waals surface area contributed by atoms with Gasteiger partial charge in [-0.15, -0.1) is 0 Å². The molecule has 0 spiro atoms. The van der Waals surface area contributed by atoms with Crippen molar-refractivity contribution in [2.75, 3.05) is 25.2 Å². The van der Waals surface area contributed by atoms with Gasteiger partial charge in [0, 0.05) is 18.7 Å². The normalized spacial score (nSPS) is 18.6. The third-order valence-electron chi connectivity index (χ3n) is 4.12. The number of amides is 1. The molecule has 9 nitrogen and oxygen atoms in total. The number of aryl methyl sites for hydroxylation is 1. The lowest BCUT2D eigenvalue weighted by atomic mass is 10.1. The molecule has 0 aliphatic carbocycles. The van der Waals surface area contributed by atoms with Crippen LogP contribution in [0.3, 0.4) is 0 Å². The van der Waals surface area contributed by atoms with Crippen molar-refractivity contribution >= 4 is 27.4 Å². The van der Waals surface area contributed by atoms with Crippen LogP contribution >= 0.6 is 0 Å². The van der Waals surface area contributed by atoms with Gasteiger partial charge in [0.1, 0.15) is 5.56 Å². The molecule has 0 N–H and O–H groups in total. The molecule has 0 bridgehead atoms. The molecule has 0 radical (unpaired) electrons. The summed E-state index contributed by atoms with van der Waals surface area (Å²) in [6.07, 6.45) is 0.335. The highest BCUT2D eigenvalue weighted by Gasteiger charge is 2.33. The second-order valence-corrected chi connectivity index (χ2v) is 8.09. The monoisotopic (exact) mass is 370 g/mol. The zero-order valence-corrected chi connectivity index (χ0v) is 14.6. The van der Waals surface area contributed by atoms with Crippen LogP contribution in [0, 0.1) is 17.0 Å². The largest absolute Gasteiger partial charge is 0.452 e. The second kappa shape index (κ2) is 7.18. The maximum atomic E-state index is 12.1. The van der Waals surface area contributed by atoms with Crippen LogP contribution < -0.4 is 0 Å². The van der Waals surface area contributed by atoms with E-state index in [1.54, 1.807) is 0 Å². The van der Waals surface area contributed by atoms with E-state index in [0.29, 0.717) is 12.0 Å². The molecule has 1 fully saturated rings. The van der Waals surface area contributed by atoms with Gasteiger partial charge >= 0.3 is 5.97 Å². The summed E-state index contributed by atoms with van der Waals surface area (Å²) in [6.45, 7) is 0.880. The first-order valence-corrected chi connectivity index (χ1v) is 9.31. The van der Waals surface area contributed by atoms with E-state index in [-0.39, 0.29) is 22.8 Å². The molecule has 1 heterocycles. The number of carbonyl (C=O) groups excluding carboxylic acids is 2. The second-order valence-electron chi connectivity index (χ2n) is 5.87. The van der Waals surface area contributed by atoms with Gasteiger partial charge in [0.25, 0.3) is 11.6 Å². The minimum absolute atomic E-state index is 0.0184. The lowest BCUT2D eigenvalue weighted by molar-refractivity contribution is -0.385. The van der Waals surface area contributed by atoms with Crippen molar-refractivity contribution in [2.24, 2.45) is 0 Å². The van der Waals surface area contributed by atoms with Crippen molar-refractivity contribution in [1.82, 2.24) is 4.90 Å². The van der Waals surface area contributed by atoms with Gasteiger partial charge in [-0.05, 0) is 19.4 Å². The number of nitrogens with zero attached hydrogens (tertiary/aromatic N) is 2. The predicted octanol–water partition coefficient (Wildman–Crippen LogP) is 0.706. The Bertz CT molecular complexity index is 819. The van der Waals surface area contributed by atoms with E-state index >= 15 is 0 Å². The zero-order chi connectivity index (χ0) is 18.8. The summed E-state index contributed by atoms with van der Waals surface area (Å²) in [4.78, 5) is 35.8. The van der Waals surface area contributed by atoms with E-state index in [2.05, 4.69) is 0 Å². The van der Waals surface area contributed by atoms with Gasteiger partial charge in [-0.3, -0.25) is 14.9 Å². The first-order valence-electron chi connectivity index (χ1n) is 7.49. The number of benzene rings is 1. The van der Waals surface area contributed by atoms with Crippen molar-refractivity contribution in [2.45, 2.75) is 19.4 Å². The van der Waals surface area contributed by atoms with E-state index in [9.17, 15) is 28.1 Å². The quantitative estimate of drug-likeness (QED) is 0.424. The number of nitro benzene ring substituents is 1. The predicted molar refractivity (Wildman–Crippen MR) is 87.9 cm³/mol. The molecule has 2 rings (SSSR count). The molecule has 136 valence electrons. The third-order valence-corrected chi connectivity index (χ3v) is 5.87. The van der Waals surface area contributed by atoms with Crippen LogP contribution in [0.2, 0.25) is 0 Å². The zero-order valence-electron chi connectivity index (χ0n) is 13.8. The van der Waals surface area contributed by atoms with Crippen LogP contribution in [-0.2, 0) is 19.4 Å². The molecule has 0 unspecified atom stereocenters. The number of para-hydroxylation sites is 1. The van der Waals surface area contributed by atoms with Gasteiger partial charge in [0.05, 0.1) is 16.4 Å². The minimum atomic E-state index is -3.14. The van der Waals surface area contributed by atoms with E-state index in [0.717, 1.165) is 0 Å². The first-order chi connectivity index (χ1) is 11.6. The maximum absolute atomic E-state index is 12.1. The topological polar surface area (TPSA) is 124 Å². The molecule has 1 aromatic rings. The van der Waals surface area contributed by atoms with E-state index in [1.165, 1.54) is 37.1 Å². The minimum Gasteiger partial charge on any atom is -0.452 e. The SMILES string of the molecule is Cc1cccc(C(=O)OCC(=O)N(C)[C@H]2CCS(=O)(=O)C2)c1[N+](=O)[O-]. The number of hydrogen-bond donors (Lipinski definition) is 0. The van der Waals surface area contributed by atoms with Gasteiger partial charge in [0.2, 0.25) is 0 Å². The smallest absolute Gasteiger partial charge is 0.345 e. The molecule has 1 saturated heterocycles. The average molecular weight is 370 g/mol. The Balaban J connectivity index is 2.02. The fraction of sp³-hybridized carbons (Fsp3) is 0.467. The Morgan fingerprint density at radius 3 is 2.64 bits per heavy atom. The van der Waals surface area contributed by atoms with E-state index in [1.807, 2.05) is 0 Å². The highest BCUT2D eigenvalue weighted by molar-refractivity contribution is 7.91. The number of likely N-dealkylation sites (N-methyl/N-ethyl adjacent to an activating group) is 1. The summed E-state index contributed by atoms with van der Waals surface area (Å²) < 4.78 is 27.8. The highest BCUT2D eigenvalue weighted by atomic mass is 32.2. The summed E-state index contributed by atoms with van der Waals surface area (Å²) in [5, 5.41) is 11.1. The van der Waals surface area contributed by atoms with Gasteiger partial charge in [0.15, 0.2) is 16.4 Å². The molecular weight excluding hydrogens is 352 g/mol. The summed E-state index contributed by atoms with van der Waals surface area (Å²) in [5.41, 5.74) is -0.293. The van der Waals surface area contributed by atoms with Crippen molar-refractivity contribution < 1.29 is 27.7 Å². The molecule has 1 aromatic carbocycles. The van der Waals surface area contributed by atoms with E-state index < -0.39 is 39.3 Å². The van der Waals surface area contributed by atoms with Crippen LogP contribution in [0.25, 0.3) is 0 Å². The molecule has 1 atom stereocenters. The third kappa shape index (κ3) is 4.32. The average Bonchev–Trinajstić information content (AvgIpc) is 2.90. The molecule has 1 amide bonds. The van der Waals surface area contributed by atoms with Crippen molar-refractivity contribution in [3.8, 4) is 0 Å². The highest BCUT2D eigenvalue weighted by Crippen LogP contribution is 2.24. The Labute approximate surface area is 144 Å². The molecule has 1 aliphatic heterocycles. The van der Waals surface area contributed by atoms with Gasteiger partial charge in [-0.25, -0.2) is 13.2 Å². The van der Waals surface area contributed by atoms with Crippen molar-refractivity contribution in [1.29, 1.82) is 0 Å². The van der Waals surface area contributed by atoms with Crippen LogP contribution in [0.4, 0.5) is 5.69 Å². The number of sulfone groups is 1. The van der Waals surface area contributed by atoms with Gasteiger partial charge in [-0.2, -0.15) is 0 Å². The van der Waals surface area contributed by atoms with E-state index in [4.69, 9.17) is 4.74 Å². The number of rotatable bonds is 5. The number of hydrogen-bond acceptors (Lipinski definition) is 7. The number of carbonyl (C=O) groups is 2. The lowest BCUT2D eigenvalue weighted by Gasteiger charge is -2.23.